The number of fused-ring (bicyclic) bond motifs is 8. The Morgan fingerprint density at radius 2 is 1.19 bits per heavy atom. The number of amides is 1. The van der Waals surface area contributed by atoms with Crippen molar-refractivity contribution in [3.05, 3.63) is 114 Å². The highest BCUT2D eigenvalue weighted by atomic mass is 19.4. The topological polar surface area (TPSA) is 86.5 Å². The molecule has 210 valence electrons. The van der Waals surface area contributed by atoms with Crippen molar-refractivity contribution in [2.75, 3.05) is 5.32 Å². The van der Waals surface area contributed by atoms with Crippen LogP contribution in [0.15, 0.2) is 91.0 Å². The number of rotatable bonds is 3. The van der Waals surface area contributed by atoms with E-state index < -0.39 is 12.1 Å². The molecular weight excluding hydrogens is 551 g/mol. The van der Waals surface area contributed by atoms with Gasteiger partial charge in [-0.2, -0.15) is 13.2 Å². The number of nitrogens with zero attached hydrogens (tertiary/aromatic N) is 2. The maximum atomic E-state index is 13.5. The van der Waals surface area contributed by atoms with Crippen molar-refractivity contribution in [3.8, 4) is 22.3 Å². The van der Waals surface area contributed by atoms with Gasteiger partial charge < -0.3 is 15.3 Å². The Kier molecular flexibility index (Phi) is 6.27. The second kappa shape index (κ2) is 10.3. The van der Waals surface area contributed by atoms with Crippen LogP contribution in [-0.2, 0) is 4.79 Å². The average Bonchev–Trinajstić information content (AvgIpc) is 3.82. The van der Waals surface area contributed by atoms with E-state index in [9.17, 15) is 18.0 Å². The van der Waals surface area contributed by atoms with E-state index in [0.717, 1.165) is 39.0 Å². The molecule has 0 saturated carbocycles. The predicted octanol–water partition coefficient (Wildman–Crippen LogP) is 8.49. The third-order valence-corrected chi connectivity index (χ3v) is 7.20. The predicted molar refractivity (Wildman–Crippen MR) is 164 cm³/mol. The van der Waals surface area contributed by atoms with Gasteiger partial charge in [-0.3, -0.25) is 4.79 Å². The summed E-state index contributed by atoms with van der Waals surface area (Å²) in [5.74, 6) is -2.09. The number of hydrogen-bond donors (Lipinski definition) is 3. The van der Waals surface area contributed by atoms with Crippen LogP contribution in [-0.4, -0.2) is 32.0 Å². The molecule has 7 rings (SSSR count). The first-order chi connectivity index (χ1) is 20.8. The van der Waals surface area contributed by atoms with Crippen LogP contribution in [0.4, 0.5) is 18.9 Å². The van der Waals surface area contributed by atoms with Crippen LogP contribution in [0.25, 0.3) is 68.6 Å². The Labute approximate surface area is 243 Å². The Hall–Kier alpha value is -5.70. The lowest BCUT2D eigenvalue weighted by atomic mass is 10.0. The minimum absolute atomic E-state index is 0.0941. The fourth-order valence-electron chi connectivity index (χ4n) is 5.27. The van der Waals surface area contributed by atoms with Crippen LogP contribution in [0.5, 0.6) is 0 Å². The first-order valence-electron chi connectivity index (χ1n) is 13.5. The van der Waals surface area contributed by atoms with Crippen molar-refractivity contribution in [1.82, 2.24) is 19.9 Å². The molecule has 8 bridgehead atoms. The zero-order chi connectivity index (χ0) is 29.6. The molecule has 1 amide bonds. The molecule has 2 aliphatic heterocycles. The molecule has 9 heteroatoms. The van der Waals surface area contributed by atoms with Crippen LogP contribution in [0.2, 0.25) is 0 Å². The molecule has 2 aliphatic rings. The number of hydrogen-bond acceptors (Lipinski definition) is 3. The number of carbonyl (C=O) groups is 1. The lowest BCUT2D eigenvalue weighted by Gasteiger charge is -2.09. The Morgan fingerprint density at radius 1 is 0.628 bits per heavy atom. The van der Waals surface area contributed by atoms with Crippen LogP contribution in [0.3, 0.4) is 0 Å². The van der Waals surface area contributed by atoms with Gasteiger partial charge in [-0.1, -0.05) is 60.7 Å². The number of halogens is 3. The Morgan fingerprint density at radius 3 is 1.86 bits per heavy atom. The van der Waals surface area contributed by atoms with Gasteiger partial charge in [0.05, 0.1) is 34.0 Å². The van der Waals surface area contributed by atoms with Crippen molar-refractivity contribution >= 4 is 58.0 Å². The molecule has 2 aromatic carbocycles. The van der Waals surface area contributed by atoms with E-state index in [0.29, 0.717) is 16.9 Å². The fourth-order valence-corrected chi connectivity index (χ4v) is 5.27. The SMILES string of the molecule is O=C(Nc1c2nc(c(-c3ccccc3)c3ccc(cc4nc(c(-c5ccccc5)c5ccc1[nH]5)C=C4)[nH]3)C=C2)C(F)(F)F. The van der Waals surface area contributed by atoms with Crippen LogP contribution in [0.1, 0.15) is 22.8 Å². The van der Waals surface area contributed by atoms with Crippen LogP contribution < -0.4 is 5.32 Å². The highest BCUT2D eigenvalue weighted by Gasteiger charge is 2.39. The summed E-state index contributed by atoms with van der Waals surface area (Å²) in [6.45, 7) is 0. The zero-order valence-electron chi connectivity index (χ0n) is 22.4. The largest absolute Gasteiger partial charge is 0.471 e. The minimum atomic E-state index is -5.09. The van der Waals surface area contributed by atoms with Gasteiger partial charge in [-0.05, 0) is 65.8 Å². The van der Waals surface area contributed by atoms with Gasteiger partial charge in [0.25, 0.3) is 0 Å². The second-order valence-corrected chi connectivity index (χ2v) is 10.0. The molecule has 3 aromatic heterocycles. The smallest absolute Gasteiger partial charge is 0.355 e. The molecule has 43 heavy (non-hydrogen) atoms. The monoisotopic (exact) mass is 573 g/mol. The third-order valence-electron chi connectivity index (χ3n) is 7.20. The first-order valence-corrected chi connectivity index (χ1v) is 13.5. The Balaban J connectivity index is 1.61. The molecule has 0 spiro atoms. The van der Waals surface area contributed by atoms with Gasteiger partial charge in [0.1, 0.15) is 0 Å². The van der Waals surface area contributed by atoms with Gasteiger partial charge in [0.15, 0.2) is 0 Å². The fraction of sp³-hybridized carbons (Fsp3) is 0.0294. The van der Waals surface area contributed by atoms with Gasteiger partial charge in [-0.15, -0.1) is 0 Å². The summed E-state index contributed by atoms with van der Waals surface area (Å²) in [6, 6.07) is 28.4. The van der Waals surface area contributed by atoms with E-state index in [1.807, 2.05) is 91.0 Å². The van der Waals surface area contributed by atoms with Crippen molar-refractivity contribution < 1.29 is 18.0 Å². The lowest BCUT2D eigenvalue weighted by Crippen LogP contribution is -2.30. The number of nitrogens with one attached hydrogen (secondary N) is 3. The van der Waals surface area contributed by atoms with E-state index in [1.54, 1.807) is 24.3 Å². The number of aromatic nitrogens is 4. The molecule has 0 unspecified atom stereocenters. The summed E-state index contributed by atoms with van der Waals surface area (Å²) in [4.78, 5) is 28.5. The first kappa shape index (κ1) is 26.2. The van der Waals surface area contributed by atoms with Crippen LogP contribution >= 0.6 is 0 Å². The quantitative estimate of drug-likeness (QED) is 0.198. The number of anilines is 1. The molecule has 0 atom stereocenters. The molecule has 5 heterocycles. The summed E-state index contributed by atoms with van der Waals surface area (Å²) >= 11 is 0. The number of benzene rings is 2. The standard InChI is InChI=1S/C34H22F3N5O/c35-34(36,37)33(43)42-32-28-17-15-26(40-28)30(20-7-3-1-4-8-20)24-13-11-22(38-24)19-23-12-14-25(39-23)31(21-9-5-2-6-10-21)27-16-18-29(32)41-27/h1-19,38,41H,(H,42,43). The highest BCUT2D eigenvalue weighted by molar-refractivity contribution is 6.03. The second-order valence-electron chi connectivity index (χ2n) is 10.0. The molecule has 0 aliphatic carbocycles. The van der Waals surface area contributed by atoms with Crippen molar-refractivity contribution in [2.24, 2.45) is 0 Å². The maximum Gasteiger partial charge on any atom is 0.471 e. The molecule has 0 radical (unpaired) electrons. The zero-order valence-corrected chi connectivity index (χ0v) is 22.4. The van der Waals surface area contributed by atoms with E-state index in [1.165, 1.54) is 0 Å². The van der Waals surface area contributed by atoms with E-state index in [4.69, 9.17) is 9.97 Å². The van der Waals surface area contributed by atoms with Crippen molar-refractivity contribution in [2.45, 2.75) is 6.18 Å². The number of aromatic amines is 2. The number of alkyl halides is 3. The summed E-state index contributed by atoms with van der Waals surface area (Å²) in [5.41, 5.74) is 7.71. The average molecular weight is 574 g/mol. The number of H-pyrrole nitrogens is 2. The molecule has 3 N–H and O–H groups in total. The highest BCUT2D eigenvalue weighted by Crippen LogP contribution is 2.35. The lowest BCUT2D eigenvalue weighted by molar-refractivity contribution is -0.167. The van der Waals surface area contributed by atoms with Gasteiger partial charge in [0, 0.05) is 27.7 Å². The van der Waals surface area contributed by atoms with E-state index in [-0.39, 0.29) is 16.9 Å². The summed E-state index contributed by atoms with van der Waals surface area (Å²) in [6.07, 6.45) is 2.05. The van der Waals surface area contributed by atoms with Gasteiger partial charge in [0.2, 0.25) is 0 Å². The summed E-state index contributed by atoms with van der Waals surface area (Å²) in [7, 11) is 0. The molecule has 0 fully saturated rings. The molecular formula is C34H22F3N5O. The van der Waals surface area contributed by atoms with Crippen molar-refractivity contribution in [1.29, 1.82) is 0 Å². The number of carbonyl (C=O) groups excluding carboxylic acids is 1. The molecule has 5 aromatic rings. The molecule has 0 saturated heterocycles. The molecule has 6 nitrogen and oxygen atoms in total. The van der Waals surface area contributed by atoms with Gasteiger partial charge >= 0.3 is 12.1 Å². The normalized spacial score (nSPS) is 12.4. The summed E-state index contributed by atoms with van der Waals surface area (Å²) in [5, 5.41) is 2.07. The van der Waals surface area contributed by atoms with Crippen LogP contribution in [0, 0.1) is 0 Å². The van der Waals surface area contributed by atoms with E-state index in [2.05, 4.69) is 15.3 Å². The summed E-state index contributed by atoms with van der Waals surface area (Å²) < 4.78 is 40.5. The van der Waals surface area contributed by atoms with Crippen molar-refractivity contribution in [3.63, 3.8) is 0 Å². The Bertz CT molecular complexity index is 2070. The van der Waals surface area contributed by atoms with E-state index >= 15 is 0 Å². The maximum absolute atomic E-state index is 13.5. The third kappa shape index (κ3) is 5.01. The van der Waals surface area contributed by atoms with Gasteiger partial charge in [-0.25, -0.2) is 9.97 Å². The minimum Gasteiger partial charge on any atom is -0.355 e.